The van der Waals surface area contributed by atoms with E-state index < -0.39 is 0 Å². The van der Waals surface area contributed by atoms with Crippen LogP contribution in [0.5, 0.6) is 0 Å². The molecule has 4 aliphatic carbocycles. The van der Waals surface area contributed by atoms with Crippen molar-refractivity contribution in [1.29, 1.82) is 0 Å². The molecule has 0 aromatic heterocycles. The van der Waals surface area contributed by atoms with Gasteiger partial charge in [0.2, 0.25) is 0 Å². The van der Waals surface area contributed by atoms with E-state index in [-0.39, 0.29) is 17.6 Å². The molecule has 0 aromatic carbocycles. The molecule has 2 nitrogen and oxygen atoms in total. The van der Waals surface area contributed by atoms with E-state index in [0.717, 1.165) is 48.9 Å². The maximum Gasteiger partial charge on any atom is 0.0759 e. The van der Waals surface area contributed by atoms with Crippen molar-refractivity contribution in [1.82, 2.24) is 0 Å². The maximum absolute atomic E-state index is 11.2. The Hall–Kier alpha value is -0.340. The van der Waals surface area contributed by atoms with Crippen LogP contribution in [0, 0.1) is 52.3 Å². The highest BCUT2D eigenvalue weighted by Crippen LogP contribution is 2.67. The molecule has 0 aliphatic heterocycles. The van der Waals surface area contributed by atoms with Crippen LogP contribution in [-0.2, 0) is 0 Å². The number of hydrogen-bond donors (Lipinski definition) is 2. The Morgan fingerprint density at radius 3 is 2.39 bits per heavy atom. The Morgan fingerprint density at radius 2 is 1.71 bits per heavy atom. The zero-order valence-corrected chi connectivity index (χ0v) is 21.2. The van der Waals surface area contributed by atoms with Crippen LogP contribution in [0.2, 0.25) is 0 Å². The summed E-state index contributed by atoms with van der Waals surface area (Å²) in [6.07, 6.45) is 13.8. The van der Waals surface area contributed by atoms with Crippen molar-refractivity contribution in [3.05, 3.63) is 11.6 Å². The van der Waals surface area contributed by atoms with Crippen LogP contribution in [0.15, 0.2) is 11.6 Å². The number of aliphatic hydroxyl groups excluding tert-OH is 2. The second-order valence-electron chi connectivity index (χ2n) is 13.0. The van der Waals surface area contributed by atoms with Gasteiger partial charge in [-0.25, -0.2) is 0 Å². The molecule has 3 saturated carbocycles. The lowest BCUT2D eigenvalue weighted by Gasteiger charge is -2.60. The molecule has 2 N–H and O–H groups in total. The highest BCUT2D eigenvalue weighted by Gasteiger charge is 2.60. The summed E-state index contributed by atoms with van der Waals surface area (Å²) in [5, 5.41) is 21.4. The Morgan fingerprint density at radius 1 is 0.968 bits per heavy atom. The standard InChI is InChI=1S/C29H50O2/c1-7-20(18(2)3)9-8-19(4)23-10-11-24-22-17-27(31)26-16-21(30)12-14-29(26,6)25(22)13-15-28(23,24)5/h16,18-25,27,30-31H,7-15,17H2,1-6H3/t19?,20?,21?,22?,23?,24?,25?,27?,28-,29-/m1/s1. The summed E-state index contributed by atoms with van der Waals surface area (Å²) in [4.78, 5) is 0. The molecular formula is C29H50O2. The third-order valence-electron chi connectivity index (χ3n) is 11.3. The average molecular weight is 431 g/mol. The molecule has 10 atom stereocenters. The Kier molecular flexibility index (Phi) is 6.75. The minimum absolute atomic E-state index is 0.109. The third-order valence-corrected chi connectivity index (χ3v) is 11.3. The second kappa shape index (κ2) is 8.79. The topological polar surface area (TPSA) is 40.5 Å². The highest BCUT2D eigenvalue weighted by molar-refractivity contribution is 5.29. The fourth-order valence-corrected chi connectivity index (χ4v) is 9.42. The lowest BCUT2D eigenvalue weighted by molar-refractivity contribution is -0.0875. The minimum Gasteiger partial charge on any atom is -0.389 e. The van der Waals surface area contributed by atoms with Gasteiger partial charge in [0.25, 0.3) is 0 Å². The van der Waals surface area contributed by atoms with Crippen LogP contribution in [0.4, 0.5) is 0 Å². The molecule has 8 unspecified atom stereocenters. The van der Waals surface area contributed by atoms with Crippen LogP contribution in [0.25, 0.3) is 0 Å². The monoisotopic (exact) mass is 430 g/mol. The van der Waals surface area contributed by atoms with Gasteiger partial charge >= 0.3 is 0 Å². The molecule has 0 bridgehead atoms. The van der Waals surface area contributed by atoms with E-state index >= 15 is 0 Å². The van der Waals surface area contributed by atoms with Gasteiger partial charge in [0.15, 0.2) is 0 Å². The Bertz CT molecular complexity index is 668. The molecular weight excluding hydrogens is 380 g/mol. The first-order valence-corrected chi connectivity index (χ1v) is 13.7. The molecule has 31 heavy (non-hydrogen) atoms. The van der Waals surface area contributed by atoms with Crippen molar-refractivity contribution in [3.8, 4) is 0 Å². The van der Waals surface area contributed by atoms with Crippen molar-refractivity contribution in [2.45, 2.75) is 118 Å². The zero-order chi connectivity index (χ0) is 22.6. The maximum atomic E-state index is 11.2. The van der Waals surface area contributed by atoms with E-state index in [1.807, 2.05) is 6.08 Å². The average Bonchev–Trinajstić information content (AvgIpc) is 3.07. The van der Waals surface area contributed by atoms with E-state index in [1.165, 1.54) is 50.5 Å². The second-order valence-corrected chi connectivity index (χ2v) is 13.0. The van der Waals surface area contributed by atoms with Crippen molar-refractivity contribution in [2.24, 2.45) is 52.3 Å². The smallest absolute Gasteiger partial charge is 0.0759 e. The number of aliphatic hydroxyl groups is 2. The van der Waals surface area contributed by atoms with Crippen molar-refractivity contribution in [2.75, 3.05) is 0 Å². The van der Waals surface area contributed by atoms with Gasteiger partial charge in [0.1, 0.15) is 0 Å². The molecule has 0 heterocycles. The summed E-state index contributed by atoms with van der Waals surface area (Å²) in [6, 6.07) is 0. The molecule has 4 aliphatic rings. The molecule has 178 valence electrons. The first-order valence-electron chi connectivity index (χ1n) is 13.7. The van der Waals surface area contributed by atoms with E-state index in [0.29, 0.717) is 17.3 Å². The van der Waals surface area contributed by atoms with Crippen LogP contribution in [0.1, 0.15) is 106 Å². The van der Waals surface area contributed by atoms with Gasteiger partial charge in [-0.2, -0.15) is 0 Å². The van der Waals surface area contributed by atoms with Gasteiger partial charge in [-0.1, -0.05) is 60.5 Å². The van der Waals surface area contributed by atoms with E-state index in [4.69, 9.17) is 0 Å². The van der Waals surface area contributed by atoms with E-state index in [9.17, 15) is 10.2 Å². The summed E-state index contributed by atoms with van der Waals surface area (Å²) in [7, 11) is 0. The van der Waals surface area contributed by atoms with Crippen molar-refractivity contribution in [3.63, 3.8) is 0 Å². The van der Waals surface area contributed by atoms with E-state index in [2.05, 4.69) is 41.5 Å². The van der Waals surface area contributed by atoms with Crippen LogP contribution in [-0.4, -0.2) is 22.4 Å². The van der Waals surface area contributed by atoms with Crippen LogP contribution >= 0.6 is 0 Å². The fourth-order valence-electron chi connectivity index (χ4n) is 9.42. The lowest BCUT2D eigenvalue weighted by Crippen LogP contribution is -2.54. The minimum atomic E-state index is -0.349. The van der Waals surface area contributed by atoms with Gasteiger partial charge in [-0.15, -0.1) is 0 Å². The summed E-state index contributed by atoms with van der Waals surface area (Å²) in [5.74, 6) is 5.52. The largest absolute Gasteiger partial charge is 0.389 e. The van der Waals surface area contributed by atoms with Gasteiger partial charge in [0, 0.05) is 0 Å². The SMILES string of the molecule is CCC(CCC(C)C1CCC2C3CC(O)C4=CC(O)CC[C@]4(C)C3CC[C@]12C)C(C)C. The Labute approximate surface area is 192 Å². The molecule has 0 spiro atoms. The number of fused-ring (bicyclic) bond motifs is 5. The predicted octanol–water partition coefficient (Wildman–Crippen LogP) is 7.00. The summed E-state index contributed by atoms with van der Waals surface area (Å²) < 4.78 is 0. The molecule has 0 radical (unpaired) electrons. The van der Waals surface area contributed by atoms with Crippen LogP contribution < -0.4 is 0 Å². The van der Waals surface area contributed by atoms with Gasteiger partial charge < -0.3 is 10.2 Å². The van der Waals surface area contributed by atoms with Gasteiger partial charge in [-0.05, 0) is 109 Å². The lowest BCUT2D eigenvalue weighted by atomic mass is 9.46. The third kappa shape index (κ3) is 3.96. The normalized spacial score (nSPS) is 46.7. The number of rotatable bonds is 6. The van der Waals surface area contributed by atoms with Crippen molar-refractivity contribution >= 4 is 0 Å². The summed E-state index contributed by atoms with van der Waals surface area (Å²) in [5.41, 5.74) is 1.75. The van der Waals surface area contributed by atoms with Crippen LogP contribution in [0.3, 0.4) is 0 Å². The summed E-state index contributed by atoms with van der Waals surface area (Å²) in [6.45, 7) is 14.8. The zero-order valence-electron chi connectivity index (χ0n) is 21.2. The fraction of sp³-hybridized carbons (Fsp3) is 0.931. The molecule has 0 amide bonds. The van der Waals surface area contributed by atoms with Gasteiger partial charge in [-0.3, -0.25) is 0 Å². The summed E-state index contributed by atoms with van der Waals surface area (Å²) >= 11 is 0. The first kappa shape index (κ1) is 23.8. The molecule has 0 aromatic rings. The van der Waals surface area contributed by atoms with Gasteiger partial charge in [0.05, 0.1) is 12.2 Å². The molecule has 2 heteroatoms. The molecule has 3 fully saturated rings. The first-order chi connectivity index (χ1) is 14.6. The van der Waals surface area contributed by atoms with E-state index in [1.54, 1.807) is 0 Å². The molecule has 4 rings (SSSR count). The molecule has 0 saturated heterocycles. The quantitative estimate of drug-likeness (QED) is 0.446. The highest BCUT2D eigenvalue weighted by atomic mass is 16.3. The Balaban J connectivity index is 1.50. The number of hydrogen-bond acceptors (Lipinski definition) is 2. The predicted molar refractivity (Wildman–Crippen MR) is 130 cm³/mol. The van der Waals surface area contributed by atoms with Crippen molar-refractivity contribution < 1.29 is 10.2 Å².